The van der Waals surface area contributed by atoms with Gasteiger partial charge in [-0.1, -0.05) is 26.7 Å². The molecular weight excluding hydrogens is 260 g/mol. The minimum absolute atomic E-state index is 0.0990. The summed E-state index contributed by atoms with van der Waals surface area (Å²) in [6.07, 6.45) is 8.58. The van der Waals surface area contributed by atoms with Gasteiger partial charge in [0.15, 0.2) is 0 Å². The number of anilines is 1. The summed E-state index contributed by atoms with van der Waals surface area (Å²) >= 11 is 0. The fourth-order valence-corrected chi connectivity index (χ4v) is 2.03. The van der Waals surface area contributed by atoms with Crippen LogP contribution in [0.1, 0.15) is 66.0 Å². The van der Waals surface area contributed by atoms with Crippen LogP contribution in [-0.4, -0.2) is 28.6 Å². The Balaban J connectivity index is 2.73. The van der Waals surface area contributed by atoms with Gasteiger partial charge in [-0.2, -0.15) is 0 Å². The molecule has 0 bridgehead atoms. The molecule has 1 N–H and O–H groups in total. The molecule has 0 unspecified atom stereocenters. The smallest absolute Gasteiger partial charge is 0.147 e. The molecule has 0 spiro atoms. The van der Waals surface area contributed by atoms with E-state index >= 15 is 0 Å². The van der Waals surface area contributed by atoms with Gasteiger partial charge in [-0.05, 0) is 33.6 Å². The molecule has 1 rings (SSSR count). The van der Waals surface area contributed by atoms with Crippen molar-refractivity contribution in [2.45, 2.75) is 72.4 Å². The Bertz CT molecular complexity index is 390. The van der Waals surface area contributed by atoms with Crippen LogP contribution in [-0.2, 0) is 6.54 Å². The van der Waals surface area contributed by atoms with E-state index in [0.29, 0.717) is 0 Å². The number of hydrogen-bond acceptors (Lipinski definition) is 4. The van der Waals surface area contributed by atoms with Crippen LogP contribution in [0.3, 0.4) is 0 Å². The predicted molar refractivity (Wildman–Crippen MR) is 90.7 cm³/mol. The average Bonchev–Trinajstić information content (AvgIpc) is 2.45. The molecule has 4 nitrogen and oxygen atoms in total. The van der Waals surface area contributed by atoms with Gasteiger partial charge < -0.3 is 10.2 Å². The van der Waals surface area contributed by atoms with Crippen LogP contribution in [0.5, 0.6) is 0 Å². The molecule has 0 radical (unpaired) electrons. The Hall–Kier alpha value is -1.16. The van der Waals surface area contributed by atoms with Crippen LogP contribution in [0.4, 0.5) is 5.82 Å². The largest absolute Gasteiger partial charge is 0.355 e. The molecule has 0 saturated heterocycles. The standard InChI is InChI=1S/C17H32N4/c1-6-8-10-21(11-9-7-2)16-14-18-12-15(20-16)13-19-17(3,4)5/h12,14,19H,6-11,13H2,1-5H3. The lowest BCUT2D eigenvalue weighted by molar-refractivity contribution is 0.421. The Morgan fingerprint density at radius 3 is 2.19 bits per heavy atom. The molecule has 120 valence electrons. The molecule has 0 aliphatic rings. The second-order valence-electron chi connectivity index (χ2n) is 6.67. The van der Waals surface area contributed by atoms with Crippen LogP contribution in [0, 0.1) is 0 Å². The van der Waals surface area contributed by atoms with E-state index in [1.54, 1.807) is 0 Å². The van der Waals surface area contributed by atoms with E-state index in [2.05, 4.69) is 49.8 Å². The van der Waals surface area contributed by atoms with Gasteiger partial charge in [0.25, 0.3) is 0 Å². The highest BCUT2D eigenvalue weighted by Gasteiger charge is 2.11. The summed E-state index contributed by atoms with van der Waals surface area (Å²) < 4.78 is 0. The highest BCUT2D eigenvalue weighted by Crippen LogP contribution is 2.13. The van der Waals surface area contributed by atoms with Crippen molar-refractivity contribution in [3.8, 4) is 0 Å². The third-order valence-electron chi connectivity index (χ3n) is 3.36. The van der Waals surface area contributed by atoms with Crippen molar-refractivity contribution in [2.75, 3.05) is 18.0 Å². The summed E-state index contributed by atoms with van der Waals surface area (Å²) in [5.74, 6) is 1.02. The van der Waals surface area contributed by atoms with Gasteiger partial charge in [-0.25, -0.2) is 4.98 Å². The topological polar surface area (TPSA) is 41.1 Å². The minimum Gasteiger partial charge on any atom is -0.355 e. The van der Waals surface area contributed by atoms with Gasteiger partial charge in [-0.15, -0.1) is 0 Å². The molecule has 0 saturated carbocycles. The van der Waals surface area contributed by atoms with Crippen LogP contribution in [0.15, 0.2) is 12.4 Å². The van der Waals surface area contributed by atoms with Gasteiger partial charge in [0, 0.05) is 31.4 Å². The maximum Gasteiger partial charge on any atom is 0.147 e. The zero-order valence-corrected chi connectivity index (χ0v) is 14.4. The van der Waals surface area contributed by atoms with Crippen molar-refractivity contribution in [3.05, 3.63) is 18.1 Å². The van der Waals surface area contributed by atoms with E-state index in [9.17, 15) is 0 Å². The Labute approximate surface area is 130 Å². The summed E-state index contributed by atoms with van der Waals surface area (Å²) in [6, 6.07) is 0. The van der Waals surface area contributed by atoms with E-state index in [1.807, 2.05) is 12.4 Å². The van der Waals surface area contributed by atoms with Crippen LogP contribution in [0.25, 0.3) is 0 Å². The molecular formula is C17H32N4. The summed E-state index contributed by atoms with van der Waals surface area (Å²) in [4.78, 5) is 11.5. The number of rotatable bonds is 9. The zero-order chi connectivity index (χ0) is 15.7. The molecule has 0 aliphatic carbocycles. The Morgan fingerprint density at radius 2 is 1.67 bits per heavy atom. The number of nitrogens with one attached hydrogen (secondary N) is 1. The minimum atomic E-state index is 0.0990. The quantitative estimate of drug-likeness (QED) is 0.752. The average molecular weight is 292 g/mol. The second-order valence-corrected chi connectivity index (χ2v) is 6.67. The molecule has 1 aromatic heterocycles. The second kappa shape index (κ2) is 8.98. The van der Waals surface area contributed by atoms with Gasteiger partial charge >= 0.3 is 0 Å². The predicted octanol–water partition coefficient (Wildman–Crippen LogP) is 3.77. The molecule has 1 aromatic rings. The lowest BCUT2D eigenvalue weighted by Crippen LogP contribution is -2.35. The molecule has 21 heavy (non-hydrogen) atoms. The molecule has 4 heteroatoms. The number of unbranched alkanes of at least 4 members (excludes halogenated alkanes) is 2. The van der Waals surface area contributed by atoms with Crippen molar-refractivity contribution in [1.82, 2.24) is 15.3 Å². The van der Waals surface area contributed by atoms with Gasteiger partial charge in [0.05, 0.1) is 11.9 Å². The lowest BCUT2D eigenvalue weighted by Gasteiger charge is -2.24. The highest BCUT2D eigenvalue weighted by atomic mass is 15.2. The molecule has 0 fully saturated rings. The summed E-state index contributed by atoms with van der Waals surface area (Å²) in [7, 11) is 0. The number of nitrogens with zero attached hydrogens (tertiary/aromatic N) is 3. The third-order valence-corrected chi connectivity index (χ3v) is 3.36. The first-order valence-electron chi connectivity index (χ1n) is 8.27. The Kier molecular flexibility index (Phi) is 7.65. The first-order valence-corrected chi connectivity index (χ1v) is 8.27. The van der Waals surface area contributed by atoms with E-state index in [1.165, 1.54) is 25.7 Å². The maximum atomic E-state index is 4.78. The fourth-order valence-electron chi connectivity index (χ4n) is 2.03. The van der Waals surface area contributed by atoms with Crippen molar-refractivity contribution in [2.24, 2.45) is 0 Å². The molecule has 1 heterocycles. The SMILES string of the molecule is CCCCN(CCCC)c1cncc(CNC(C)(C)C)n1. The normalized spacial score (nSPS) is 11.7. The van der Waals surface area contributed by atoms with E-state index in [0.717, 1.165) is 31.1 Å². The van der Waals surface area contributed by atoms with Crippen molar-refractivity contribution < 1.29 is 0 Å². The maximum absolute atomic E-state index is 4.78. The van der Waals surface area contributed by atoms with Crippen LogP contribution >= 0.6 is 0 Å². The molecule has 0 amide bonds. The van der Waals surface area contributed by atoms with Crippen molar-refractivity contribution in [1.29, 1.82) is 0 Å². The van der Waals surface area contributed by atoms with Gasteiger partial charge in [0.2, 0.25) is 0 Å². The van der Waals surface area contributed by atoms with E-state index < -0.39 is 0 Å². The Morgan fingerprint density at radius 1 is 1.05 bits per heavy atom. The van der Waals surface area contributed by atoms with E-state index in [-0.39, 0.29) is 5.54 Å². The number of hydrogen-bond donors (Lipinski definition) is 1. The molecule has 0 aromatic carbocycles. The van der Waals surface area contributed by atoms with Crippen molar-refractivity contribution in [3.63, 3.8) is 0 Å². The third kappa shape index (κ3) is 7.42. The molecule has 0 aliphatic heterocycles. The summed E-state index contributed by atoms with van der Waals surface area (Å²) in [6.45, 7) is 13.9. The monoisotopic (exact) mass is 292 g/mol. The van der Waals surface area contributed by atoms with E-state index in [4.69, 9.17) is 4.98 Å². The van der Waals surface area contributed by atoms with Crippen molar-refractivity contribution >= 4 is 5.82 Å². The molecule has 0 atom stereocenters. The first kappa shape index (κ1) is 17.9. The lowest BCUT2D eigenvalue weighted by atomic mass is 10.1. The van der Waals surface area contributed by atoms with Gasteiger partial charge in [0.1, 0.15) is 5.82 Å². The summed E-state index contributed by atoms with van der Waals surface area (Å²) in [5, 5.41) is 3.47. The highest BCUT2D eigenvalue weighted by molar-refractivity contribution is 5.36. The summed E-state index contributed by atoms with van der Waals surface area (Å²) in [5.41, 5.74) is 1.11. The first-order chi connectivity index (χ1) is 9.96. The van der Waals surface area contributed by atoms with Crippen LogP contribution in [0.2, 0.25) is 0 Å². The zero-order valence-electron chi connectivity index (χ0n) is 14.4. The number of aromatic nitrogens is 2. The van der Waals surface area contributed by atoms with Crippen LogP contribution < -0.4 is 10.2 Å². The van der Waals surface area contributed by atoms with Gasteiger partial charge in [-0.3, -0.25) is 4.98 Å². The fraction of sp³-hybridized carbons (Fsp3) is 0.765.